The predicted octanol–water partition coefficient (Wildman–Crippen LogP) is 4.57. The first kappa shape index (κ1) is 40.8. The van der Waals surface area contributed by atoms with Gasteiger partial charge in [0.15, 0.2) is 9.84 Å². The number of halogens is 3. The standard InChI is InChI=1S/C36H51F3N4O6S2/c1-34(2,3)42-31(45)26-19-23-14-10-11-15-24(23)20-43(26)21-27(44)25(18-22-12-8-7-9-13-22)40-33(47)30(35(4,5)51(6,48)49)41-32(46)28-16-17-29(50-28)36(37,38)39/h7-9,12-13,16-17,23-27,30,44H,10-11,14-15,18-21H2,1-6H3,(H,40,47)(H,41,46)(H,42,45)/t23-,24+,25-,26-,27+,30+/m0/s1. The van der Waals surface area contributed by atoms with E-state index in [4.69, 9.17) is 0 Å². The number of fused-ring (bicyclic) bond motifs is 1. The number of sulfone groups is 1. The van der Waals surface area contributed by atoms with Gasteiger partial charge in [0.1, 0.15) is 10.9 Å². The smallest absolute Gasteiger partial charge is 0.390 e. The molecule has 0 bridgehead atoms. The maximum atomic E-state index is 14.1. The zero-order valence-corrected chi connectivity index (χ0v) is 31.7. The highest BCUT2D eigenvalue weighted by Crippen LogP contribution is 2.39. The number of alkyl halides is 3. The summed E-state index contributed by atoms with van der Waals surface area (Å²) in [5.74, 6) is -1.37. The average molecular weight is 757 g/mol. The van der Waals surface area contributed by atoms with Gasteiger partial charge in [-0.1, -0.05) is 49.6 Å². The summed E-state index contributed by atoms with van der Waals surface area (Å²) >= 11 is 0.177. The number of aliphatic hydroxyl groups excluding tert-OH is 1. The fraction of sp³-hybridized carbons (Fsp3) is 0.639. The van der Waals surface area contributed by atoms with Crippen LogP contribution in [0.4, 0.5) is 13.2 Å². The van der Waals surface area contributed by atoms with Crippen molar-refractivity contribution in [2.75, 3.05) is 19.3 Å². The van der Waals surface area contributed by atoms with Gasteiger partial charge in [-0.05, 0) is 83.4 Å². The molecule has 0 unspecified atom stereocenters. The molecule has 3 amide bonds. The Hall–Kier alpha value is -3.01. The maximum absolute atomic E-state index is 14.1. The molecule has 6 atom stereocenters. The number of aliphatic hydroxyl groups is 1. The molecule has 2 aromatic rings. The van der Waals surface area contributed by atoms with Gasteiger partial charge in [0.2, 0.25) is 11.8 Å². The van der Waals surface area contributed by atoms with Gasteiger partial charge in [-0.25, -0.2) is 8.42 Å². The van der Waals surface area contributed by atoms with Crippen LogP contribution in [0.5, 0.6) is 0 Å². The monoisotopic (exact) mass is 756 g/mol. The number of β-amino-alcohol motifs (C(OH)–C–C–N with tert-alkyl or cyclic N) is 1. The number of rotatable bonds is 12. The van der Waals surface area contributed by atoms with E-state index >= 15 is 0 Å². The van der Waals surface area contributed by atoms with E-state index in [1.165, 1.54) is 13.8 Å². The van der Waals surface area contributed by atoms with Crippen molar-refractivity contribution in [2.24, 2.45) is 11.8 Å². The van der Waals surface area contributed by atoms with Crippen LogP contribution < -0.4 is 16.0 Å². The maximum Gasteiger partial charge on any atom is 0.425 e. The number of carbonyl (C=O) groups excluding carboxylic acids is 3. The highest BCUT2D eigenvalue weighted by Gasteiger charge is 2.46. The molecule has 2 fully saturated rings. The van der Waals surface area contributed by atoms with Crippen LogP contribution in [0.15, 0.2) is 42.5 Å². The Balaban J connectivity index is 1.63. The molecule has 4 rings (SSSR count). The minimum atomic E-state index is -4.69. The van der Waals surface area contributed by atoms with Gasteiger partial charge in [-0.3, -0.25) is 19.3 Å². The highest BCUT2D eigenvalue weighted by molar-refractivity contribution is 7.92. The summed E-state index contributed by atoms with van der Waals surface area (Å²) < 4.78 is 63.9. The van der Waals surface area contributed by atoms with Crippen molar-refractivity contribution in [3.8, 4) is 0 Å². The van der Waals surface area contributed by atoms with Crippen molar-refractivity contribution >= 4 is 38.9 Å². The topological polar surface area (TPSA) is 145 Å². The van der Waals surface area contributed by atoms with E-state index in [1.54, 1.807) is 12.1 Å². The van der Waals surface area contributed by atoms with E-state index in [2.05, 4.69) is 16.0 Å². The number of amides is 3. The number of benzene rings is 1. The quantitative estimate of drug-likeness (QED) is 0.249. The number of thiophene rings is 1. The summed E-state index contributed by atoms with van der Waals surface area (Å²) in [5, 5.41) is 20.1. The SMILES string of the molecule is CC(C)(C)NC(=O)[C@@H]1C[C@@H]2CCCC[C@@H]2CN1C[C@@H](O)[C@H](Cc1ccccc1)NC(=O)[C@@H](NC(=O)c1ccc(C(F)(F)F)s1)C(C)(C)S(C)(=O)=O. The molecule has 0 spiro atoms. The second kappa shape index (κ2) is 15.9. The van der Waals surface area contributed by atoms with E-state index in [0.29, 0.717) is 24.8 Å². The molecule has 1 aromatic heterocycles. The number of carbonyl (C=O) groups is 3. The molecule has 10 nitrogen and oxygen atoms in total. The van der Waals surface area contributed by atoms with E-state index in [0.717, 1.165) is 49.6 Å². The minimum absolute atomic E-state index is 0.0329. The zero-order chi connectivity index (χ0) is 37.9. The fourth-order valence-electron chi connectivity index (χ4n) is 7.00. The zero-order valence-electron chi connectivity index (χ0n) is 30.0. The largest absolute Gasteiger partial charge is 0.425 e. The van der Waals surface area contributed by atoms with E-state index in [9.17, 15) is 41.1 Å². The molecule has 1 aliphatic carbocycles. The highest BCUT2D eigenvalue weighted by atomic mass is 32.2. The summed E-state index contributed by atoms with van der Waals surface area (Å²) in [4.78, 5) is 41.6. The summed E-state index contributed by atoms with van der Waals surface area (Å²) in [6.07, 6.45) is 0.0201. The number of hydrogen-bond donors (Lipinski definition) is 4. The van der Waals surface area contributed by atoms with Crippen LogP contribution in [-0.2, 0) is 32.0 Å². The lowest BCUT2D eigenvalue weighted by molar-refractivity contribution is -0.134. The van der Waals surface area contributed by atoms with Gasteiger partial charge in [0.05, 0.1) is 27.8 Å². The van der Waals surface area contributed by atoms with Crippen molar-refractivity contribution in [1.29, 1.82) is 0 Å². The molecular formula is C36H51F3N4O6S2. The Kier molecular flexibility index (Phi) is 12.7. The molecule has 1 saturated carbocycles. The van der Waals surface area contributed by atoms with Gasteiger partial charge in [0, 0.05) is 24.9 Å². The molecule has 2 heterocycles. The fourth-order valence-corrected chi connectivity index (χ4v) is 8.37. The Morgan fingerprint density at radius 2 is 1.59 bits per heavy atom. The number of nitrogens with zero attached hydrogens (tertiary/aromatic N) is 1. The average Bonchev–Trinajstić information content (AvgIpc) is 3.53. The van der Waals surface area contributed by atoms with Gasteiger partial charge in [-0.15, -0.1) is 11.3 Å². The third kappa shape index (κ3) is 10.5. The lowest BCUT2D eigenvalue weighted by Crippen LogP contribution is -2.64. The van der Waals surface area contributed by atoms with E-state index < -0.39 is 67.2 Å². The third-order valence-electron chi connectivity index (χ3n) is 10.1. The van der Waals surface area contributed by atoms with Crippen molar-refractivity contribution in [2.45, 2.75) is 114 Å². The van der Waals surface area contributed by atoms with Gasteiger partial charge in [0.25, 0.3) is 5.91 Å². The van der Waals surface area contributed by atoms with Crippen molar-refractivity contribution < 1.29 is 41.1 Å². The van der Waals surface area contributed by atoms with Gasteiger partial charge in [-0.2, -0.15) is 13.2 Å². The van der Waals surface area contributed by atoms with Crippen LogP contribution in [0, 0.1) is 11.8 Å². The van der Waals surface area contributed by atoms with Crippen LogP contribution in [0.3, 0.4) is 0 Å². The summed E-state index contributed by atoms with van der Waals surface area (Å²) in [6, 6.07) is 7.50. The molecule has 4 N–H and O–H groups in total. The van der Waals surface area contributed by atoms with Crippen LogP contribution in [-0.4, -0.2) is 90.0 Å². The second-order valence-corrected chi connectivity index (χ2v) is 19.2. The first-order valence-electron chi connectivity index (χ1n) is 17.3. The van der Waals surface area contributed by atoms with Crippen LogP contribution in [0.1, 0.15) is 86.8 Å². The van der Waals surface area contributed by atoms with Crippen LogP contribution in [0.25, 0.3) is 0 Å². The second-order valence-electron chi connectivity index (χ2n) is 15.6. The van der Waals surface area contributed by atoms with Crippen LogP contribution in [0.2, 0.25) is 0 Å². The predicted molar refractivity (Wildman–Crippen MR) is 191 cm³/mol. The summed E-state index contributed by atoms with van der Waals surface area (Å²) in [5.41, 5.74) is 0.286. The molecule has 284 valence electrons. The number of piperidine rings is 1. The van der Waals surface area contributed by atoms with Crippen molar-refractivity contribution in [3.63, 3.8) is 0 Å². The first-order valence-corrected chi connectivity index (χ1v) is 20.0. The molecule has 1 aliphatic heterocycles. The normalized spacial score (nSPS) is 22.3. The molecule has 1 saturated heterocycles. The van der Waals surface area contributed by atoms with Gasteiger partial charge >= 0.3 is 6.18 Å². The molecular weight excluding hydrogens is 706 g/mol. The van der Waals surface area contributed by atoms with Gasteiger partial charge < -0.3 is 21.1 Å². The number of nitrogens with one attached hydrogen (secondary N) is 3. The molecule has 51 heavy (non-hydrogen) atoms. The molecule has 15 heteroatoms. The van der Waals surface area contributed by atoms with Crippen molar-refractivity contribution in [1.82, 2.24) is 20.9 Å². The molecule has 2 aliphatic rings. The van der Waals surface area contributed by atoms with E-state index in [-0.39, 0.29) is 35.1 Å². The number of hydrogen-bond acceptors (Lipinski definition) is 8. The minimum Gasteiger partial charge on any atom is -0.390 e. The summed E-state index contributed by atoms with van der Waals surface area (Å²) in [6.45, 7) is 8.84. The van der Waals surface area contributed by atoms with Crippen molar-refractivity contribution in [3.05, 3.63) is 57.8 Å². The Bertz CT molecular complexity index is 1640. The molecule has 1 aromatic carbocycles. The summed E-state index contributed by atoms with van der Waals surface area (Å²) in [7, 11) is -4.04. The Morgan fingerprint density at radius 3 is 2.16 bits per heavy atom. The van der Waals surface area contributed by atoms with Crippen LogP contribution >= 0.6 is 11.3 Å². The first-order chi connectivity index (χ1) is 23.6. The Labute approximate surface area is 302 Å². The third-order valence-corrected chi connectivity index (χ3v) is 13.4. The lowest BCUT2D eigenvalue weighted by atomic mass is 9.72. The number of likely N-dealkylation sites (tertiary alicyclic amines) is 1. The lowest BCUT2D eigenvalue weighted by Gasteiger charge is -2.47. The van der Waals surface area contributed by atoms with E-state index in [1.807, 2.05) is 43.9 Å². The Morgan fingerprint density at radius 1 is 0.961 bits per heavy atom. The molecule has 0 radical (unpaired) electrons.